The van der Waals surface area contributed by atoms with E-state index in [4.69, 9.17) is 34.7 Å². The second kappa shape index (κ2) is 11.2. The van der Waals surface area contributed by atoms with Crippen molar-refractivity contribution in [2.75, 3.05) is 27.1 Å². The molecule has 33 heavy (non-hydrogen) atoms. The summed E-state index contributed by atoms with van der Waals surface area (Å²) in [4.78, 5) is 30.7. The third-order valence-corrected chi connectivity index (χ3v) is 5.13. The Morgan fingerprint density at radius 1 is 1.27 bits per heavy atom. The van der Waals surface area contributed by atoms with Crippen LogP contribution in [0, 0.1) is 0 Å². The van der Waals surface area contributed by atoms with E-state index in [2.05, 4.69) is 20.1 Å². The standard InChI is InChI=1S/C16H22N8O9/c1-29-15-10(21-23-18)13(7(4-31-15)20-22-17)32-6-30-5-8-11(26)12(27)14(33-8)24-3-2-9(25)19-16(24)28/h2-3,7-8,10-15,26-27H,4-6H2,1H3,(H,19,25,28)/t7-,8-,10-,11-,12-,13-,14-,15-/m1/s1. The summed E-state index contributed by atoms with van der Waals surface area (Å²) >= 11 is 0. The van der Waals surface area contributed by atoms with E-state index in [1.807, 2.05) is 4.98 Å². The highest BCUT2D eigenvalue weighted by Gasteiger charge is 2.44. The first-order valence-electron chi connectivity index (χ1n) is 9.66. The summed E-state index contributed by atoms with van der Waals surface area (Å²) in [6.45, 7) is -0.680. The van der Waals surface area contributed by atoms with Gasteiger partial charge in [0.15, 0.2) is 12.5 Å². The van der Waals surface area contributed by atoms with Crippen LogP contribution in [0.4, 0.5) is 0 Å². The van der Waals surface area contributed by atoms with E-state index in [0.717, 1.165) is 16.8 Å². The van der Waals surface area contributed by atoms with Gasteiger partial charge >= 0.3 is 5.69 Å². The number of aromatic amines is 1. The van der Waals surface area contributed by atoms with E-state index in [-0.39, 0.29) is 20.0 Å². The van der Waals surface area contributed by atoms with Gasteiger partial charge in [0, 0.05) is 29.2 Å². The minimum atomic E-state index is -1.47. The Hall–Kier alpha value is -2.98. The lowest BCUT2D eigenvalue weighted by atomic mass is 10.0. The Balaban J connectivity index is 1.60. The number of nitrogens with zero attached hydrogens (tertiary/aromatic N) is 7. The lowest BCUT2D eigenvalue weighted by Gasteiger charge is -2.37. The van der Waals surface area contributed by atoms with Crippen molar-refractivity contribution in [1.82, 2.24) is 9.55 Å². The molecule has 17 nitrogen and oxygen atoms in total. The Kier molecular flexibility index (Phi) is 8.40. The third kappa shape index (κ3) is 5.51. The second-order valence-corrected chi connectivity index (χ2v) is 7.09. The predicted octanol–water partition coefficient (Wildman–Crippen LogP) is -1.12. The molecule has 0 saturated carbocycles. The molecule has 1 aromatic heterocycles. The molecule has 3 N–H and O–H groups in total. The van der Waals surface area contributed by atoms with Gasteiger partial charge < -0.3 is 33.9 Å². The number of methoxy groups -OCH3 is 1. The van der Waals surface area contributed by atoms with Gasteiger partial charge in [0.1, 0.15) is 31.1 Å². The van der Waals surface area contributed by atoms with E-state index >= 15 is 0 Å². The van der Waals surface area contributed by atoms with Gasteiger partial charge in [-0.2, -0.15) is 0 Å². The average molecular weight is 470 g/mol. The van der Waals surface area contributed by atoms with Crippen LogP contribution < -0.4 is 11.2 Å². The smallest absolute Gasteiger partial charge is 0.330 e. The van der Waals surface area contributed by atoms with Crippen molar-refractivity contribution in [2.45, 2.75) is 49.0 Å². The first-order chi connectivity index (χ1) is 15.9. The molecular formula is C16H22N8O9. The molecule has 2 aliphatic heterocycles. The maximum atomic E-state index is 11.9. The molecule has 8 atom stereocenters. The van der Waals surface area contributed by atoms with Crippen LogP contribution in [0.2, 0.25) is 0 Å². The number of hydrogen-bond donors (Lipinski definition) is 3. The number of nitrogens with one attached hydrogen (secondary N) is 1. The summed E-state index contributed by atoms with van der Waals surface area (Å²) in [5.74, 6) is 0. The minimum absolute atomic E-state index is 0.0447. The summed E-state index contributed by atoms with van der Waals surface area (Å²) in [6, 6.07) is -0.727. The molecule has 2 fully saturated rings. The molecule has 0 spiro atoms. The van der Waals surface area contributed by atoms with Gasteiger partial charge in [-0.1, -0.05) is 10.2 Å². The molecule has 0 amide bonds. The Labute approximate surface area is 184 Å². The lowest BCUT2D eigenvalue weighted by Crippen LogP contribution is -2.53. The van der Waals surface area contributed by atoms with Crippen molar-refractivity contribution >= 4 is 0 Å². The molecule has 0 bridgehead atoms. The van der Waals surface area contributed by atoms with Crippen molar-refractivity contribution in [3.05, 3.63) is 54.0 Å². The van der Waals surface area contributed by atoms with Crippen LogP contribution in [-0.2, 0) is 23.7 Å². The van der Waals surface area contributed by atoms with Crippen LogP contribution in [0.5, 0.6) is 0 Å². The van der Waals surface area contributed by atoms with E-state index < -0.39 is 60.3 Å². The Bertz CT molecular complexity index is 1020. The number of H-pyrrole nitrogens is 1. The first-order valence-corrected chi connectivity index (χ1v) is 9.66. The zero-order valence-electron chi connectivity index (χ0n) is 17.3. The zero-order chi connectivity index (χ0) is 24.0. The van der Waals surface area contributed by atoms with Crippen molar-refractivity contribution in [1.29, 1.82) is 0 Å². The highest BCUT2D eigenvalue weighted by molar-refractivity contribution is 4.95. The zero-order valence-corrected chi connectivity index (χ0v) is 17.3. The summed E-state index contributed by atoms with van der Waals surface area (Å²) in [7, 11) is 1.35. The Morgan fingerprint density at radius 3 is 2.70 bits per heavy atom. The SMILES string of the molecule is CO[C@@H]1OC[C@@H](N=[N+]=[N-])[C@@H](OCOC[C@H]2O[C@@H](n3ccc(=O)[nH]c3=O)[C@H](O)[C@@H]2O)[C@H]1N=[N+]=[N-]. The Morgan fingerprint density at radius 2 is 2.03 bits per heavy atom. The van der Waals surface area contributed by atoms with Crippen LogP contribution in [0.15, 0.2) is 32.1 Å². The lowest BCUT2D eigenvalue weighted by molar-refractivity contribution is -0.216. The van der Waals surface area contributed by atoms with Gasteiger partial charge in [-0.25, -0.2) is 4.79 Å². The fraction of sp³-hybridized carbons (Fsp3) is 0.750. The molecule has 3 rings (SSSR count). The van der Waals surface area contributed by atoms with Crippen LogP contribution in [0.1, 0.15) is 6.23 Å². The van der Waals surface area contributed by atoms with Gasteiger partial charge in [-0.05, 0) is 11.1 Å². The van der Waals surface area contributed by atoms with Gasteiger partial charge in [0.2, 0.25) is 0 Å². The first kappa shape index (κ1) is 24.7. The molecule has 3 heterocycles. The number of aliphatic hydroxyl groups excluding tert-OH is 2. The van der Waals surface area contributed by atoms with Gasteiger partial charge in [0.25, 0.3) is 5.56 Å². The normalized spacial score (nSPS) is 33.8. The van der Waals surface area contributed by atoms with Crippen LogP contribution in [-0.4, -0.2) is 89.7 Å². The maximum Gasteiger partial charge on any atom is 0.330 e. The molecular weight excluding hydrogens is 448 g/mol. The summed E-state index contributed by atoms with van der Waals surface area (Å²) < 4.78 is 27.9. The third-order valence-electron chi connectivity index (χ3n) is 5.13. The second-order valence-electron chi connectivity index (χ2n) is 7.09. The van der Waals surface area contributed by atoms with Crippen molar-refractivity contribution in [3.8, 4) is 0 Å². The van der Waals surface area contributed by atoms with Crippen molar-refractivity contribution in [3.63, 3.8) is 0 Å². The van der Waals surface area contributed by atoms with Gasteiger partial charge in [-0.15, -0.1) is 0 Å². The molecule has 2 saturated heterocycles. The largest absolute Gasteiger partial charge is 0.387 e. The minimum Gasteiger partial charge on any atom is -0.387 e. The highest BCUT2D eigenvalue weighted by Crippen LogP contribution is 2.29. The number of aromatic nitrogens is 2. The van der Waals surface area contributed by atoms with E-state index in [9.17, 15) is 19.8 Å². The molecule has 2 aliphatic rings. The van der Waals surface area contributed by atoms with Crippen molar-refractivity contribution < 1.29 is 33.9 Å². The molecule has 0 aliphatic carbocycles. The van der Waals surface area contributed by atoms with E-state index in [1.54, 1.807) is 0 Å². The quantitative estimate of drug-likeness (QED) is 0.130. The average Bonchev–Trinajstić information content (AvgIpc) is 3.07. The summed E-state index contributed by atoms with van der Waals surface area (Å²) in [5, 5.41) is 27.7. The highest BCUT2D eigenvalue weighted by atomic mass is 16.7. The summed E-state index contributed by atoms with van der Waals surface area (Å²) in [5.41, 5.74) is 16.2. The number of ether oxygens (including phenoxy) is 5. The maximum absolute atomic E-state index is 11.9. The molecule has 0 aromatic carbocycles. The number of hydrogen-bond acceptors (Lipinski definition) is 11. The topological polar surface area (TPSA) is 239 Å². The predicted molar refractivity (Wildman–Crippen MR) is 106 cm³/mol. The summed E-state index contributed by atoms with van der Waals surface area (Å²) in [6.07, 6.45) is -5.87. The monoisotopic (exact) mass is 470 g/mol. The fourth-order valence-corrected chi connectivity index (χ4v) is 3.55. The molecule has 0 radical (unpaired) electrons. The molecule has 1 aromatic rings. The van der Waals surface area contributed by atoms with E-state index in [0.29, 0.717) is 0 Å². The molecule has 0 unspecified atom stereocenters. The number of rotatable bonds is 9. The number of azide groups is 2. The van der Waals surface area contributed by atoms with Crippen LogP contribution >= 0.6 is 0 Å². The van der Waals surface area contributed by atoms with Crippen molar-refractivity contribution in [2.24, 2.45) is 10.2 Å². The van der Waals surface area contributed by atoms with E-state index in [1.165, 1.54) is 7.11 Å². The van der Waals surface area contributed by atoms with Gasteiger partial charge in [-0.3, -0.25) is 14.3 Å². The van der Waals surface area contributed by atoms with Crippen LogP contribution in [0.3, 0.4) is 0 Å². The fourth-order valence-electron chi connectivity index (χ4n) is 3.55. The van der Waals surface area contributed by atoms with Gasteiger partial charge in [0.05, 0.1) is 25.4 Å². The molecule has 180 valence electrons. The van der Waals surface area contributed by atoms with Crippen LogP contribution in [0.25, 0.3) is 20.9 Å². The number of aliphatic hydroxyl groups is 2. The molecule has 17 heteroatoms.